The summed E-state index contributed by atoms with van der Waals surface area (Å²) in [6.45, 7) is -0.797. The van der Waals surface area contributed by atoms with Gasteiger partial charge in [0.05, 0.1) is 5.69 Å². The molecular formula is C19H22F3N3O2S2. The second-order valence-corrected chi connectivity index (χ2v) is 9.94. The minimum atomic E-state index is -4.47. The highest BCUT2D eigenvalue weighted by Crippen LogP contribution is 2.58. The Morgan fingerprint density at radius 2 is 2.10 bits per heavy atom. The number of nitrogens with zero attached hydrogens (tertiary/aromatic N) is 2. The van der Waals surface area contributed by atoms with Crippen molar-refractivity contribution in [1.82, 2.24) is 10.2 Å². The fraction of sp³-hybridized carbons (Fsp3) is 0.632. The fourth-order valence-electron chi connectivity index (χ4n) is 4.08. The molecule has 1 saturated heterocycles. The number of hydrogen-bond acceptors (Lipinski definition) is 5. The van der Waals surface area contributed by atoms with E-state index >= 15 is 0 Å². The number of rotatable bonds is 7. The van der Waals surface area contributed by atoms with Crippen molar-refractivity contribution in [3.8, 4) is 0 Å². The average molecular weight is 446 g/mol. The van der Waals surface area contributed by atoms with Gasteiger partial charge in [-0.05, 0) is 48.5 Å². The second kappa shape index (κ2) is 7.94. The molecule has 0 radical (unpaired) electrons. The Kier molecular flexibility index (Phi) is 5.67. The SMILES string of the molecule is O=C(CC1SC(=Nc2ccsc2)N(CC2(C3CC3)CCC2)C1=O)NCC(F)(F)F. The molecule has 4 rings (SSSR count). The maximum atomic E-state index is 13.1. The molecule has 29 heavy (non-hydrogen) atoms. The van der Waals surface area contributed by atoms with Crippen molar-refractivity contribution in [2.24, 2.45) is 16.3 Å². The van der Waals surface area contributed by atoms with Crippen molar-refractivity contribution in [1.29, 1.82) is 0 Å². The van der Waals surface area contributed by atoms with Crippen LogP contribution in [0.3, 0.4) is 0 Å². The average Bonchev–Trinajstić information content (AvgIpc) is 3.26. The predicted octanol–water partition coefficient (Wildman–Crippen LogP) is 4.33. The van der Waals surface area contributed by atoms with E-state index in [1.807, 2.05) is 22.1 Å². The Labute approximate surface area is 175 Å². The first kappa shape index (κ1) is 20.7. The number of amides is 2. The number of thiophene rings is 1. The summed E-state index contributed by atoms with van der Waals surface area (Å²) < 4.78 is 37.0. The zero-order chi connectivity index (χ0) is 20.6. The summed E-state index contributed by atoms with van der Waals surface area (Å²) in [6.07, 6.45) is 0.968. The molecule has 2 heterocycles. The van der Waals surface area contributed by atoms with Gasteiger partial charge in [-0.15, -0.1) is 0 Å². The molecule has 1 aromatic heterocycles. The zero-order valence-electron chi connectivity index (χ0n) is 15.7. The zero-order valence-corrected chi connectivity index (χ0v) is 17.3. The van der Waals surface area contributed by atoms with Crippen LogP contribution in [-0.2, 0) is 9.59 Å². The molecule has 0 spiro atoms. The lowest BCUT2D eigenvalue weighted by Crippen LogP contribution is -2.47. The molecule has 2 saturated carbocycles. The largest absolute Gasteiger partial charge is 0.405 e. The van der Waals surface area contributed by atoms with E-state index in [0.717, 1.165) is 24.9 Å². The highest BCUT2D eigenvalue weighted by atomic mass is 32.2. The van der Waals surface area contributed by atoms with Crippen LogP contribution in [0.5, 0.6) is 0 Å². The van der Waals surface area contributed by atoms with Crippen LogP contribution in [0.1, 0.15) is 38.5 Å². The third kappa shape index (κ3) is 4.79. The van der Waals surface area contributed by atoms with Crippen LogP contribution in [0.2, 0.25) is 0 Å². The van der Waals surface area contributed by atoms with Gasteiger partial charge >= 0.3 is 6.18 Å². The maximum Gasteiger partial charge on any atom is 0.405 e. The first-order valence-electron chi connectivity index (χ1n) is 9.68. The summed E-state index contributed by atoms with van der Waals surface area (Å²) >= 11 is 2.68. The van der Waals surface area contributed by atoms with Crippen LogP contribution in [0.15, 0.2) is 21.8 Å². The van der Waals surface area contributed by atoms with E-state index in [2.05, 4.69) is 4.99 Å². The van der Waals surface area contributed by atoms with Crippen LogP contribution >= 0.6 is 23.1 Å². The molecular weight excluding hydrogens is 423 g/mol. The molecule has 3 fully saturated rings. The molecule has 1 atom stereocenters. The molecule has 5 nitrogen and oxygen atoms in total. The number of amidine groups is 1. The Bertz CT molecular complexity index is 802. The van der Waals surface area contributed by atoms with E-state index in [1.54, 1.807) is 4.90 Å². The van der Waals surface area contributed by atoms with Crippen molar-refractivity contribution < 1.29 is 22.8 Å². The van der Waals surface area contributed by atoms with Gasteiger partial charge < -0.3 is 5.32 Å². The van der Waals surface area contributed by atoms with E-state index in [9.17, 15) is 22.8 Å². The maximum absolute atomic E-state index is 13.1. The van der Waals surface area contributed by atoms with Gasteiger partial charge in [-0.2, -0.15) is 24.5 Å². The van der Waals surface area contributed by atoms with Gasteiger partial charge in [0.25, 0.3) is 0 Å². The summed E-state index contributed by atoms with van der Waals surface area (Å²) in [5.74, 6) is -0.353. The van der Waals surface area contributed by atoms with Gasteiger partial charge in [0, 0.05) is 18.3 Å². The molecule has 1 aliphatic heterocycles. The smallest absolute Gasteiger partial charge is 0.347 e. The minimum Gasteiger partial charge on any atom is -0.347 e. The van der Waals surface area contributed by atoms with E-state index in [4.69, 9.17) is 0 Å². The highest BCUT2D eigenvalue weighted by Gasteiger charge is 2.52. The summed E-state index contributed by atoms with van der Waals surface area (Å²) in [7, 11) is 0. The Morgan fingerprint density at radius 3 is 2.66 bits per heavy atom. The monoisotopic (exact) mass is 445 g/mol. The number of thioether (sulfide) groups is 1. The van der Waals surface area contributed by atoms with Crippen molar-refractivity contribution in [3.05, 3.63) is 16.8 Å². The van der Waals surface area contributed by atoms with Gasteiger partial charge in [-0.1, -0.05) is 18.2 Å². The van der Waals surface area contributed by atoms with Crippen LogP contribution < -0.4 is 5.32 Å². The fourth-order valence-corrected chi connectivity index (χ4v) is 5.80. The van der Waals surface area contributed by atoms with Crippen molar-refractivity contribution in [2.45, 2.75) is 50.0 Å². The first-order chi connectivity index (χ1) is 13.8. The minimum absolute atomic E-state index is 0.138. The Hall–Kier alpha value is -1.55. The van der Waals surface area contributed by atoms with Crippen LogP contribution in [0.4, 0.5) is 18.9 Å². The number of halogens is 3. The Balaban J connectivity index is 1.48. The first-order valence-corrected chi connectivity index (χ1v) is 11.5. The van der Waals surface area contributed by atoms with Crippen molar-refractivity contribution in [2.75, 3.05) is 13.1 Å². The molecule has 2 aliphatic carbocycles. The molecule has 0 bridgehead atoms. The molecule has 158 valence electrons. The molecule has 1 unspecified atom stereocenters. The van der Waals surface area contributed by atoms with E-state index in [0.29, 0.717) is 17.6 Å². The second-order valence-electron chi connectivity index (χ2n) is 7.99. The number of carbonyl (C=O) groups excluding carboxylic acids is 2. The number of aliphatic imine (C=N–C) groups is 1. The topological polar surface area (TPSA) is 61.8 Å². The van der Waals surface area contributed by atoms with Gasteiger partial charge in [0.2, 0.25) is 11.8 Å². The van der Waals surface area contributed by atoms with Crippen LogP contribution in [-0.4, -0.2) is 46.4 Å². The van der Waals surface area contributed by atoms with E-state index in [1.165, 1.54) is 35.9 Å². The van der Waals surface area contributed by atoms with Gasteiger partial charge in [0.1, 0.15) is 11.8 Å². The standard InChI is InChI=1S/C19H22F3N3O2S2/c20-19(21,22)10-23-15(26)8-14-16(27)25(11-18(5-1-6-18)12-2-3-12)17(29-14)24-13-4-7-28-9-13/h4,7,9,12,14H,1-3,5-6,8,10-11H2,(H,23,26). The summed E-state index contributed by atoms with van der Waals surface area (Å²) in [4.78, 5) is 31.3. The van der Waals surface area contributed by atoms with Crippen LogP contribution in [0, 0.1) is 11.3 Å². The lowest BCUT2D eigenvalue weighted by Gasteiger charge is -2.44. The van der Waals surface area contributed by atoms with Gasteiger partial charge in [-0.3, -0.25) is 14.5 Å². The third-order valence-electron chi connectivity index (χ3n) is 5.87. The molecule has 1 aromatic rings. The normalized spacial score (nSPS) is 25.3. The van der Waals surface area contributed by atoms with E-state index < -0.39 is 23.9 Å². The molecule has 3 aliphatic rings. The van der Waals surface area contributed by atoms with Crippen LogP contribution in [0.25, 0.3) is 0 Å². The van der Waals surface area contributed by atoms with Crippen molar-refractivity contribution in [3.63, 3.8) is 0 Å². The lowest BCUT2D eigenvalue weighted by molar-refractivity contribution is -0.139. The number of hydrogen-bond donors (Lipinski definition) is 1. The molecule has 10 heteroatoms. The quantitative estimate of drug-likeness (QED) is 0.680. The summed E-state index contributed by atoms with van der Waals surface area (Å²) in [5.41, 5.74) is 0.880. The summed E-state index contributed by atoms with van der Waals surface area (Å²) in [6, 6.07) is 1.85. The number of nitrogens with one attached hydrogen (secondary N) is 1. The number of carbonyl (C=O) groups is 2. The van der Waals surface area contributed by atoms with Gasteiger partial charge in [0.15, 0.2) is 5.17 Å². The lowest BCUT2D eigenvalue weighted by atomic mass is 9.65. The summed E-state index contributed by atoms with van der Waals surface area (Å²) in [5, 5.41) is 5.44. The highest BCUT2D eigenvalue weighted by molar-refractivity contribution is 8.15. The molecule has 0 aromatic carbocycles. The third-order valence-corrected chi connectivity index (χ3v) is 7.72. The van der Waals surface area contributed by atoms with Gasteiger partial charge in [-0.25, -0.2) is 4.99 Å². The van der Waals surface area contributed by atoms with Crippen molar-refractivity contribution >= 4 is 45.8 Å². The Morgan fingerprint density at radius 1 is 1.34 bits per heavy atom. The van der Waals surface area contributed by atoms with E-state index in [-0.39, 0.29) is 17.7 Å². The molecule has 2 amide bonds. The predicted molar refractivity (Wildman–Crippen MR) is 107 cm³/mol. The molecule has 1 N–H and O–H groups in total. The number of alkyl halides is 3.